The number of aliphatic hydroxyl groups excluding tert-OH is 1. The van der Waals surface area contributed by atoms with Crippen molar-refractivity contribution in [1.29, 1.82) is 0 Å². The second kappa shape index (κ2) is 16.8. The van der Waals surface area contributed by atoms with Crippen LogP contribution in [0.3, 0.4) is 0 Å². The van der Waals surface area contributed by atoms with Crippen molar-refractivity contribution in [3.8, 4) is 0 Å². The number of aliphatic hydroxyl groups is 1. The van der Waals surface area contributed by atoms with E-state index in [-0.39, 0.29) is 31.8 Å². The lowest BCUT2D eigenvalue weighted by molar-refractivity contribution is -0.129. The molecule has 228 valence electrons. The van der Waals surface area contributed by atoms with Gasteiger partial charge >= 0.3 is 0 Å². The van der Waals surface area contributed by atoms with Gasteiger partial charge in [-0.3, -0.25) is 29.3 Å². The van der Waals surface area contributed by atoms with Crippen molar-refractivity contribution in [2.24, 2.45) is 23.1 Å². The van der Waals surface area contributed by atoms with Gasteiger partial charge in [-0.25, -0.2) is 0 Å². The van der Waals surface area contributed by atoms with Gasteiger partial charge in [-0.2, -0.15) is 0 Å². The van der Waals surface area contributed by atoms with Gasteiger partial charge in [0.05, 0.1) is 25.2 Å². The fourth-order valence-electron chi connectivity index (χ4n) is 4.08. The summed E-state index contributed by atoms with van der Waals surface area (Å²) in [4.78, 5) is 60.7. The highest BCUT2D eigenvalue weighted by molar-refractivity contribution is 5.93. The van der Waals surface area contributed by atoms with E-state index in [1.807, 2.05) is 44.2 Å². The molecule has 0 radical (unpaired) electrons. The van der Waals surface area contributed by atoms with Crippen LogP contribution in [0.15, 0.2) is 54.6 Å². The summed E-state index contributed by atoms with van der Waals surface area (Å²) in [7, 11) is 0. The monoisotopic (exact) mass is 583 g/mol. The number of carbonyl (C=O) groups is 5. The quantitative estimate of drug-likeness (QED) is 0.101. The molecular formula is C29H41N7O6. The molecule has 0 aliphatic rings. The van der Waals surface area contributed by atoms with E-state index in [4.69, 9.17) is 17.2 Å². The van der Waals surface area contributed by atoms with Crippen molar-refractivity contribution < 1.29 is 29.1 Å². The first-order chi connectivity index (χ1) is 19.8. The number of carbonyl (C=O) groups excluding carboxylic acids is 5. The highest BCUT2D eigenvalue weighted by Crippen LogP contribution is 2.08. The van der Waals surface area contributed by atoms with Gasteiger partial charge in [-0.15, -0.1) is 0 Å². The first kappa shape index (κ1) is 33.9. The van der Waals surface area contributed by atoms with E-state index in [0.717, 1.165) is 5.56 Å². The molecule has 0 fully saturated rings. The molecular weight excluding hydrogens is 542 g/mol. The van der Waals surface area contributed by atoms with Crippen LogP contribution in [0.5, 0.6) is 0 Å². The molecule has 2 aromatic rings. The lowest BCUT2D eigenvalue weighted by Crippen LogP contribution is -2.56. The fourth-order valence-corrected chi connectivity index (χ4v) is 4.08. The Morgan fingerprint density at radius 1 is 0.810 bits per heavy atom. The van der Waals surface area contributed by atoms with E-state index in [2.05, 4.69) is 21.3 Å². The SMILES string of the molecule is CC(C)C[C@H](NC(=O)[C@H](Cc1ccccc1)N[C@@H](O)CNC(=O)CNC(=O)[C@@H](N)Cc1ccc(C(N)=O)cc1)C(N)=O. The van der Waals surface area contributed by atoms with Gasteiger partial charge in [0.1, 0.15) is 12.3 Å². The summed E-state index contributed by atoms with van der Waals surface area (Å²) in [6.07, 6.45) is -0.598. The third-order valence-electron chi connectivity index (χ3n) is 6.31. The number of rotatable bonds is 17. The zero-order valence-corrected chi connectivity index (χ0v) is 23.8. The van der Waals surface area contributed by atoms with Gasteiger partial charge in [-0.1, -0.05) is 56.3 Å². The van der Waals surface area contributed by atoms with E-state index in [1.54, 1.807) is 12.1 Å². The van der Waals surface area contributed by atoms with Gasteiger partial charge in [0, 0.05) is 5.56 Å². The molecule has 0 heterocycles. The molecule has 13 heteroatoms. The molecule has 2 aromatic carbocycles. The van der Waals surface area contributed by atoms with Crippen molar-refractivity contribution in [1.82, 2.24) is 21.3 Å². The van der Waals surface area contributed by atoms with Crippen LogP contribution in [0.4, 0.5) is 0 Å². The molecule has 0 spiro atoms. The Hall–Kier alpha value is -4.33. The van der Waals surface area contributed by atoms with Gasteiger partial charge in [0.25, 0.3) is 0 Å². The lowest BCUT2D eigenvalue weighted by Gasteiger charge is -2.25. The van der Waals surface area contributed by atoms with E-state index in [1.165, 1.54) is 12.1 Å². The van der Waals surface area contributed by atoms with Crippen LogP contribution in [-0.2, 0) is 32.0 Å². The van der Waals surface area contributed by atoms with E-state index in [0.29, 0.717) is 17.5 Å². The minimum atomic E-state index is -1.33. The van der Waals surface area contributed by atoms with Crippen LogP contribution in [0.25, 0.3) is 0 Å². The predicted octanol–water partition coefficient (Wildman–Crippen LogP) is -1.58. The van der Waals surface area contributed by atoms with Crippen molar-refractivity contribution in [2.45, 2.75) is 57.5 Å². The summed E-state index contributed by atoms with van der Waals surface area (Å²) in [5.74, 6) is -2.80. The first-order valence-electron chi connectivity index (χ1n) is 13.6. The molecule has 13 nitrogen and oxygen atoms in total. The molecule has 42 heavy (non-hydrogen) atoms. The first-order valence-corrected chi connectivity index (χ1v) is 13.6. The van der Waals surface area contributed by atoms with Crippen LogP contribution >= 0.6 is 0 Å². The molecule has 0 aliphatic carbocycles. The van der Waals surface area contributed by atoms with E-state index < -0.39 is 53.9 Å². The van der Waals surface area contributed by atoms with Gasteiger partial charge in [0.2, 0.25) is 29.5 Å². The van der Waals surface area contributed by atoms with Crippen LogP contribution in [0.1, 0.15) is 41.8 Å². The van der Waals surface area contributed by atoms with Gasteiger partial charge in [-0.05, 0) is 48.4 Å². The summed E-state index contributed by atoms with van der Waals surface area (Å²) in [6.45, 7) is 3.14. The Bertz CT molecular complexity index is 1210. The zero-order chi connectivity index (χ0) is 31.2. The molecule has 4 atom stereocenters. The largest absolute Gasteiger partial charge is 0.377 e. The lowest BCUT2D eigenvalue weighted by atomic mass is 10.0. The minimum Gasteiger partial charge on any atom is -0.377 e. The van der Waals surface area contributed by atoms with Gasteiger partial charge in [0.15, 0.2) is 0 Å². The average molecular weight is 584 g/mol. The third kappa shape index (κ3) is 12.0. The predicted molar refractivity (Wildman–Crippen MR) is 156 cm³/mol. The average Bonchev–Trinajstić information content (AvgIpc) is 2.94. The minimum absolute atomic E-state index is 0.106. The smallest absolute Gasteiger partial charge is 0.248 e. The highest BCUT2D eigenvalue weighted by atomic mass is 16.3. The highest BCUT2D eigenvalue weighted by Gasteiger charge is 2.27. The Morgan fingerprint density at radius 2 is 1.43 bits per heavy atom. The number of nitrogens with one attached hydrogen (secondary N) is 4. The molecule has 2 rings (SSSR count). The molecule has 5 amide bonds. The molecule has 11 N–H and O–H groups in total. The number of hydrogen-bond donors (Lipinski definition) is 8. The Balaban J connectivity index is 1.88. The van der Waals surface area contributed by atoms with E-state index >= 15 is 0 Å². The second-order valence-corrected chi connectivity index (χ2v) is 10.4. The molecule has 0 aliphatic heterocycles. The third-order valence-corrected chi connectivity index (χ3v) is 6.31. The maximum absolute atomic E-state index is 13.1. The summed E-state index contributed by atoms with van der Waals surface area (Å²) in [6, 6.07) is 12.7. The maximum Gasteiger partial charge on any atom is 0.248 e. The maximum atomic E-state index is 13.1. The fraction of sp³-hybridized carbons (Fsp3) is 0.414. The Kier molecular flexibility index (Phi) is 13.6. The summed E-state index contributed by atoms with van der Waals surface area (Å²) in [5.41, 5.74) is 18.5. The van der Waals surface area contributed by atoms with E-state index in [9.17, 15) is 29.1 Å². The molecule has 0 aromatic heterocycles. The van der Waals surface area contributed by atoms with Crippen molar-refractivity contribution in [2.75, 3.05) is 13.1 Å². The summed E-state index contributed by atoms with van der Waals surface area (Å²) < 4.78 is 0. The number of amides is 5. The Labute approximate surface area is 245 Å². The zero-order valence-electron chi connectivity index (χ0n) is 23.8. The number of benzene rings is 2. The van der Waals surface area contributed by atoms with Crippen LogP contribution in [0.2, 0.25) is 0 Å². The number of primary amides is 2. The number of nitrogens with two attached hydrogens (primary N) is 3. The molecule has 0 saturated heterocycles. The van der Waals surface area contributed by atoms with Crippen molar-refractivity contribution >= 4 is 29.5 Å². The molecule has 0 bridgehead atoms. The van der Waals surface area contributed by atoms with Crippen molar-refractivity contribution in [3.05, 3.63) is 71.3 Å². The van der Waals surface area contributed by atoms with Crippen LogP contribution in [-0.4, -0.2) is 72.1 Å². The van der Waals surface area contributed by atoms with Crippen LogP contribution < -0.4 is 38.5 Å². The summed E-state index contributed by atoms with van der Waals surface area (Å²) in [5, 5.41) is 20.9. The summed E-state index contributed by atoms with van der Waals surface area (Å²) >= 11 is 0. The second-order valence-electron chi connectivity index (χ2n) is 10.4. The molecule has 0 unspecified atom stereocenters. The standard InChI is InChI=1S/C29H41N7O6/c1-17(2)12-22(27(32)40)36-29(42)23(14-18-6-4-3-5-7-18)35-25(38)16-33-24(37)15-34-28(41)21(30)13-19-8-10-20(11-9-19)26(31)39/h3-11,17,21-23,25,35,38H,12-16,30H2,1-2H3,(H2,31,39)(H2,32,40)(H,33,37)(H,34,41)(H,36,42)/t21-,22-,23-,25-/m0/s1. The molecule has 0 saturated carbocycles. The number of hydrogen-bond acceptors (Lipinski definition) is 8. The van der Waals surface area contributed by atoms with Crippen LogP contribution in [0, 0.1) is 5.92 Å². The van der Waals surface area contributed by atoms with Crippen molar-refractivity contribution in [3.63, 3.8) is 0 Å². The topological polar surface area (TPSA) is 232 Å². The normalized spacial score (nSPS) is 13.8. The van der Waals surface area contributed by atoms with Gasteiger partial charge < -0.3 is 38.3 Å². The Morgan fingerprint density at radius 3 is 2.00 bits per heavy atom.